The lowest BCUT2D eigenvalue weighted by molar-refractivity contribution is -0.119. The number of hydrogen-bond acceptors (Lipinski definition) is 5. The van der Waals surface area contributed by atoms with E-state index in [0.717, 1.165) is 12.8 Å². The zero-order valence-electron chi connectivity index (χ0n) is 13.5. The molecule has 0 aliphatic carbocycles. The summed E-state index contributed by atoms with van der Waals surface area (Å²) in [5.41, 5.74) is 7.05. The van der Waals surface area contributed by atoms with Crippen LogP contribution in [-0.4, -0.2) is 39.3 Å². The zero-order valence-corrected chi connectivity index (χ0v) is 15.2. The van der Waals surface area contributed by atoms with E-state index in [1.165, 1.54) is 0 Å². The maximum atomic E-state index is 12.2. The van der Waals surface area contributed by atoms with Crippen molar-refractivity contribution in [2.24, 2.45) is 11.7 Å². The predicted octanol–water partition coefficient (Wildman–Crippen LogP) is 1.56. The average molecular weight is 378 g/mol. The number of nitrogens with one attached hydrogen (secondary N) is 2. The Balaban J connectivity index is 0.00000288. The van der Waals surface area contributed by atoms with E-state index in [9.17, 15) is 13.2 Å². The summed E-state index contributed by atoms with van der Waals surface area (Å²) in [6.45, 7) is 2.84. The number of benzene rings is 1. The molecule has 24 heavy (non-hydrogen) atoms. The molecule has 0 aromatic heterocycles. The van der Waals surface area contributed by atoms with Crippen LogP contribution >= 0.6 is 12.4 Å². The molecule has 1 saturated heterocycles. The highest BCUT2D eigenvalue weighted by atomic mass is 35.5. The van der Waals surface area contributed by atoms with Crippen molar-refractivity contribution in [3.8, 4) is 0 Å². The fourth-order valence-electron chi connectivity index (χ4n) is 2.39. The molecule has 0 saturated carbocycles. The number of hydrogen-bond donors (Lipinski definition) is 3. The number of ether oxygens (including phenoxy) is 1. The van der Waals surface area contributed by atoms with Crippen LogP contribution in [-0.2, 0) is 19.6 Å². The lowest BCUT2D eigenvalue weighted by Gasteiger charge is -2.26. The molecule has 136 valence electrons. The van der Waals surface area contributed by atoms with E-state index in [4.69, 9.17) is 10.5 Å². The van der Waals surface area contributed by atoms with E-state index >= 15 is 0 Å². The lowest BCUT2D eigenvalue weighted by atomic mass is 9.92. The summed E-state index contributed by atoms with van der Waals surface area (Å²) < 4.78 is 30.7. The van der Waals surface area contributed by atoms with Gasteiger partial charge >= 0.3 is 0 Å². The van der Waals surface area contributed by atoms with Gasteiger partial charge in [-0.25, -0.2) is 8.42 Å². The monoisotopic (exact) mass is 377 g/mol. The van der Waals surface area contributed by atoms with Crippen molar-refractivity contribution in [1.82, 2.24) is 0 Å². The lowest BCUT2D eigenvalue weighted by Crippen LogP contribution is -2.43. The number of carbonyl (C=O) groups excluding carboxylic acids is 1. The Morgan fingerprint density at radius 1 is 1.25 bits per heavy atom. The molecule has 1 amide bonds. The molecule has 1 aliphatic rings. The first-order chi connectivity index (χ1) is 10.9. The second kappa shape index (κ2) is 9.22. The molecule has 9 heteroatoms. The van der Waals surface area contributed by atoms with E-state index in [1.54, 1.807) is 31.2 Å². The average Bonchev–Trinajstić information content (AvgIpc) is 2.56. The highest BCUT2D eigenvalue weighted by Gasteiger charge is 2.26. The second-order valence-corrected chi connectivity index (χ2v) is 7.56. The Hall–Kier alpha value is -1.35. The number of anilines is 2. The van der Waals surface area contributed by atoms with Gasteiger partial charge in [-0.05, 0) is 49.9 Å². The van der Waals surface area contributed by atoms with Gasteiger partial charge in [0.2, 0.25) is 15.9 Å². The van der Waals surface area contributed by atoms with E-state index in [-0.39, 0.29) is 30.0 Å². The number of amides is 1. The summed E-state index contributed by atoms with van der Waals surface area (Å²) in [5.74, 6) is -0.107. The molecular formula is C15H24ClN3O4S. The Kier molecular flexibility index (Phi) is 7.95. The van der Waals surface area contributed by atoms with Crippen molar-refractivity contribution < 1.29 is 17.9 Å². The van der Waals surface area contributed by atoms with Gasteiger partial charge in [-0.1, -0.05) is 0 Å². The summed E-state index contributed by atoms with van der Waals surface area (Å²) in [4.78, 5) is 12.2. The molecule has 0 bridgehead atoms. The van der Waals surface area contributed by atoms with Crippen LogP contribution in [0, 0.1) is 5.92 Å². The van der Waals surface area contributed by atoms with Crippen LogP contribution in [0.25, 0.3) is 0 Å². The van der Waals surface area contributed by atoms with Crippen LogP contribution < -0.4 is 15.8 Å². The van der Waals surface area contributed by atoms with Gasteiger partial charge in [0.25, 0.3) is 0 Å². The Morgan fingerprint density at radius 3 is 2.33 bits per heavy atom. The molecule has 1 heterocycles. The highest BCUT2D eigenvalue weighted by Crippen LogP contribution is 2.20. The summed E-state index contributed by atoms with van der Waals surface area (Å²) in [6.07, 6.45) is 1.57. The van der Waals surface area contributed by atoms with Crippen LogP contribution in [0.2, 0.25) is 0 Å². The van der Waals surface area contributed by atoms with E-state index in [2.05, 4.69) is 10.0 Å². The molecule has 1 aromatic rings. The maximum absolute atomic E-state index is 12.2. The molecular weight excluding hydrogens is 354 g/mol. The molecule has 2 rings (SSSR count). The predicted molar refractivity (Wildman–Crippen MR) is 96.9 cm³/mol. The highest BCUT2D eigenvalue weighted by molar-refractivity contribution is 7.92. The number of nitrogens with two attached hydrogens (primary N) is 1. The minimum atomic E-state index is -3.31. The van der Waals surface area contributed by atoms with Crippen molar-refractivity contribution in [2.75, 3.05) is 29.0 Å². The van der Waals surface area contributed by atoms with Crippen LogP contribution in [0.5, 0.6) is 0 Å². The molecule has 0 spiro atoms. The largest absolute Gasteiger partial charge is 0.381 e. The van der Waals surface area contributed by atoms with Gasteiger partial charge in [0, 0.05) is 24.6 Å². The first-order valence-corrected chi connectivity index (χ1v) is 9.31. The molecule has 1 unspecified atom stereocenters. The van der Waals surface area contributed by atoms with E-state index in [1.807, 2.05) is 0 Å². The van der Waals surface area contributed by atoms with Crippen molar-refractivity contribution in [3.05, 3.63) is 24.3 Å². The first-order valence-electron chi connectivity index (χ1n) is 7.66. The third-order valence-electron chi connectivity index (χ3n) is 3.88. The Morgan fingerprint density at radius 2 is 1.79 bits per heavy atom. The zero-order chi connectivity index (χ0) is 16.9. The molecule has 1 atom stereocenters. The number of carbonyl (C=O) groups is 1. The Labute approximate surface area is 148 Å². The van der Waals surface area contributed by atoms with Gasteiger partial charge in [0.15, 0.2) is 0 Å². The van der Waals surface area contributed by atoms with Gasteiger partial charge < -0.3 is 15.8 Å². The van der Waals surface area contributed by atoms with Gasteiger partial charge in [0.1, 0.15) is 0 Å². The minimum absolute atomic E-state index is 0. The Bertz CT molecular complexity index is 631. The smallest absolute Gasteiger partial charge is 0.241 e. The standard InChI is InChI=1S/C15H23N3O4S.ClH/c1-2-23(20,21)18-13-5-3-12(4-6-13)17-15(19)14(16)11-7-9-22-10-8-11;/h3-6,11,14,18H,2,7-10,16H2,1H3,(H,17,19);1H. The summed E-state index contributed by atoms with van der Waals surface area (Å²) in [6, 6.07) is 5.91. The molecule has 1 fully saturated rings. The topological polar surface area (TPSA) is 111 Å². The van der Waals surface area contributed by atoms with Crippen LogP contribution in [0.4, 0.5) is 11.4 Å². The second-order valence-electron chi connectivity index (χ2n) is 5.55. The molecule has 4 N–H and O–H groups in total. The molecule has 7 nitrogen and oxygen atoms in total. The molecule has 0 radical (unpaired) electrons. The number of sulfonamides is 1. The molecule has 1 aliphatic heterocycles. The van der Waals surface area contributed by atoms with Gasteiger partial charge in [-0.3, -0.25) is 9.52 Å². The number of rotatable bonds is 6. The van der Waals surface area contributed by atoms with Crippen LogP contribution in [0.15, 0.2) is 24.3 Å². The van der Waals surface area contributed by atoms with E-state index < -0.39 is 16.1 Å². The quantitative estimate of drug-likeness (QED) is 0.696. The minimum Gasteiger partial charge on any atom is -0.381 e. The SMILES string of the molecule is CCS(=O)(=O)Nc1ccc(NC(=O)C(N)C2CCOCC2)cc1.Cl. The van der Waals surface area contributed by atoms with Crippen molar-refractivity contribution in [1.29, 1.82) is 0 Å². The van der Waals surface area contributed by atoms with Gasteiger partial charge in [-0.2, -0.15) is 0 Å². The summed E-state index contributed by atoms with van der Waals surface area (Å²) in [7, 11) is -3.31. The first kappa shape index (κ1) is 20.7. The summed E-state index contributed by atoms with van der Waals surface area (Å²) >= 11 is 0. The fourth-order valence-corrected chi connectivity index (χ4v) is 3.03. The fraction of sp³-hybridized carbons (Fsp3) is 0.533. The van der Waals surface area contributed by atoms with Crippen LogP contribution in [0.3, 0.4) is 0 Å². The third-order valence-corrected chi connectivity index (χ3v) is 5.19. The van der Waals surface area contributed by atoms with Gasteiger partial charge in [-0.15, -0.1) is 12.4 Å². The summed E-state index contributed by atoms with van der Waals surface area (Å²) in [5, 5.41) is 2.76. The molecule has 1 aromatic carbocycles. The van der Waals surface area contributed by atoms with E-state index in [0.29, 0.717) is 24.6 Å². The van der Waals surface area contributed by atoms with Crippen molar-refractivity contribution >= 4 is 39.7 Å². The third kappa shape index (κ3) is 5.94. The van der Waals surface area contributed by atoms with Crippen LogP contribution in [0.1, 0.15) is 19.8 Å². The van der Waals surface area contributed by atoms with Crippen molar-refractivity contribution in [2.45, 2.75) is 25.8 Å². The van der Waals surface area contributed by atoms with Crippen molar-refractivity contribution in [3.63, 3.8) is 0 Å². The van der Waals surface area contributed by atoms with Gasteiger partial charge in [0.05, 0.1) is 11.8 Å². The number of halogens is 1. The maximum Gasteiger partial charge on any atom is 0.241 e. The normalized spacial score (nSPS) is 16.8.